The molecule has 0 radical (unpaired) electrons. The van der Waals surface area contributed by atoms with Gasteiger partial charge in [0.2, 0.25) is 0 Å². The van der Waals surface area contributed by atoms with Crippen molar-refractivity contribution in [1.82, 2.24) is 0 Å². The van der Waals surface area contributed by atoms with Gasteiger partial charge in [-0.1, -0.05) is 26.2 Å². The summed E-state index contributed by atoms with van der Waals surface area (Å²) in [6, 6.07) is 0. The molecule has 0 atom stereocenters. The van der Waals surface area contributed by atoms with E-state index in [1.165, 1.54) is 0 Å². The van der Waals surface area contributed by atoms with Crippen molar-refractivity contribution in [1.29, 1.82) is 0 Å². The molecule has 0 rings (SSSR count). The number of rotatable bonds is 3. The summed E-state index contributed by atoms with van der Waals surface area (Å²) >= 11 is 0. The van der Waals surface area contributed by atoms with Gasteiger partial charge in [-0.3, -0.25) is 0 Å². The topological polar surface area (TPSA) is 121 Å². The largest absolute Gasteiger partial charge is 1.00 e. The molecule has 0 saturated heterocycles. The van der Waals surface area contributed by atoms with Crippen LogP contribution in [0.1, 0.15) is 1.43 Å². The molecule has 8 heteroatoms. The van der Waals surface area contributed by atoms with Crippen molar-refractivity contribution in [3.05, 3.63) is 0 Å². The molecule has 6 nitrogen and oxygen atoms in total. The second-order valence-corrected chi connectivity index (χ2v) is 10.3. The molecule has 0 fully saturated rings. The smallest absolute Gasteiger partial charge is 1.00 e. The van der Waals surface area contributed by atoms with E-state index < -0.39 is 8.07 Å². The molecule has 0 unspecified atom stereocenters. The zero-order valence-corrected chi connectivity index (χ0v) is 13.4. The second-order valence-electron chi connectivity index (χ2n) is 4.34. The molecule has 0 aliphatic heterocycles. The van der Waals surface area contributed by atoms with E-state index in [1.807, 2.05) is 0 Å². The number of hydrogen-bond donors (Lipinski definition) is 6. The third-order valence-corrected chi connectivity index (χ3v) is 0.300. The SMILES string of the molecule is C[Si](C)(C)C.OCCO.OCCO.OCCO.[H-].[Li+]. The number of aliphatic hydroxyl groups is 6. The van der Waals surface area contributed by atoms with E-state index in [2.05, 4.69) is 26.2 Å². The van der Waals surface area contributed by atoms with Gasteiger partial charge in [-0.25, -0.2) is 0 Å². The van der Waals surface area contributed by atoms with Crippen molar-refractivity contribution in [2.45, 2.75) is 26.2 Å². The van der Waals surface area contributed by atoms with Crippen LogP contribution in [0.15, 0.2) is 0 Å². The van der Waals surface area contributed by atoms with Crippen LogP contribution in [-0.4, -0.2) is 78.4 Å². The van der Waals surface area contributed by atoms with Gasteiger partial charge in [-0.2, -0.15) is 0 Å². The first-order chi connectivity index (χ1) is 7.74. The average Bonchev–Trinajstić information content (AvgIpc) is 2.27. The molecule has 0 aromatic rings. The summed E-state index contributed by atoms with van der Waals surface area (Å²) in [7, 11) is -0.611. The van der Waals surface area contributed by atoms with E-state index in [-0.39, 0.29) is 59.9 Å². The Morgan fingerprint density at radius 3 is 0.611 bits per heavy atom. The maximum absolute atomic E-state index is 7.62. The molecular formula is C10H31LiO6Si. The van der Waals surface area contributed by atoms with Crippen LogP contribution in [-0.2, 0) is 0 Å². The predicted molar refractivity (Wildman–Crippen MR) is 72.8 cm³/mol. The van der Waals surface area contributed by atoms with Crippen LogP contribution >= 0.6 is 0 Å². The summed E-state index contributed by atoms with van der Waals surface area (Å²) in [6.07, 6.45) is 0. The molecule has 0 spiro atoms. The van der Waals surface area contributed by atoms with E-state index in [0.29, 0.717) is 0 Å². The van der Waals surface area contributed by atoms with Crippen LogP contribution in [0.5, 0.6) is 0 Å². The molecular weight excluding hydrogens is 251 g/mol. The van der Waals surface area contributed by atoms with Crippen LogP contribution in [0, 0.1) is 0 Å². The Morgan fingerprint density at radius 2 is 0.611 bits per heavy atom. The average molecular weight is 282 g/mol. The van der Waals surface area contributed by atoms with E-state index >= 15 is 0 Å². The van der Waals surface area contributed by atoms with Gasteiger partial charge in [-0.05, 0) is 0 Å². The Kier molecular flexibility index (Phi) is 52.8. The molecule has 0 aromatic heterocycles. The Morgan fingerprint density at radius 1 is 0.556 bits per heavy atom. The molecule has 0 saturated carbocycles. The van der Waals surface area contributed by atoms with Gasteiger partial charge in [0, 0.05) is 8.07 Å². The van der Waals surface area contributed by atoms with Crippen molar-refractivity contribution in [3.63, 3.8) is 0 Å². The Labute approximate surface area is 125 Å². The molecule has 112 valence electrons. The van der Waals surface area contributed by atoms with Gasteiger partial charge in [0.1, 0.15) is 0 Å². The first-order valence-electron chi connectivity index (χ1n) is 5.40. The fraction of sp³-hybridized carbons (Fsp3) is 1.00. The quantitative estimate of drug-likeness (QED) is 0.293. The van der Waals surface area contributed by atoms with E-state index in [1.54, 1.807) is 0 Å². The van der Waals surface area contributed by atoms with Crippen molar-refractivity contribution in [3.8, 4) is 0 Å². The number of aliphatic hydroxyl groups excluding tert-OH is 6. The maximum atomic E-state index is 7.62. The van der Waals surface area contributed by atoms with Gasteiger partial charge < -0.3 is 32.1 Å². The molecule has 0 aliphatic rings. The first-order valence-corrected chi connectivity index (χ1v) is 9.40. The predicted octanol–water partition coefficient (Wildman–Crippen LogP) is -4.02. The third-order valence-electron chi connectivity index (χ3n) is 0.300. The van der Waals surface area contributed by atoms with Crippen molar-refractivity contribution < 1.29 is 50.9 Å². The number of hydrogen-bond acceptors (Lipinski definition) is 6. The Balaban J connectivity index is -0.0000000288. The minimum absolute atomic E-state index is 0. The minimum atomic E-state index is -0.611. The first kappa shape index (κ1) is 31.1. The molecule has 0 aliphatic carbocycles. The van der Waals surface area contributed by atoms with Crippen LogP contribution in [0.25, 0.3) is 0 Å². The molecule has 0 amide bonds. The van der Waals surface area contributed by atoms with Crippen LogP contribution in [0.2, 0.25) is 26.2 Å². The van der Waals surface area contributed by atoms with Gasteiger partial charge in [0.15, 0.2) is 0 Å². The summed E-state index contributed by atoms with van der Waals surface area (Å²) in [4.78, 5) is 0. The summed E-state index contributed by atoms with van der Waals surface area (Å²) in [5.74, 6) is 0. The summed E-state index contributed by atoms with van der Waals surface area (Å²) in [5, 5.41) is 45.8. The normalized spacial score (nSPS) is 8.33. The van der Waals surface area contributed by atoms with E-state index in [4.69, 9.17) is 30.6 Å². The fourth-order valence-corrected chi connectivity index (χ4v) is 0. The standard InChI is InChI=1S/C4H12Si.3C2H6O2.Li.H/c1-5(2,3)4;3*3-1-2-4;;/h1-4H3;3*3-4H,1-2H2;;/q;;;;+1;-1. The van der Waals surface area contributed by atoms with Crippen LogP contribution in [0.3, 0.4) is 0 Å². The zero-order valence-electron chi connectivity index (χ0n) is 13.4. The molecule has 0 bridgehead atoms. The van der Waals surface area contributed by atoms with Crippen LogP contribution < -0.4 is 18.9 Å². The van der Waals surface area contributed by atoms with E-state index in [9.17, 15) is 0 Å². The molecule has 6 N–H and O–H groups in total. The summed E-state index contributed by atoms with van der Waals surface area (Å²) in [5.41, 5.74) is 0. The fourth-order valence-electron chi connectivity index (χ4n) is 0. The van der Waals surface area contributed by atoms with Gasteiger partial charge in [0.25, 0.3) is 0 Å². The van der Waals surface area contributed by atoms with Gasteiger partial charge in [-0.15, -0.1) is 0 Å². The molecule has 18 heavy (non-hydrogen) atoms. The van der Waals surface area contributed by atoms with Crippen LogP contribution in [0.4, 0.5) is 0 Å². The van der Waals surface area contributed by atoms with Crippen molar-refractivity contribution in [2.75, 3.05) is 39.6 Å². The van der Waals surface area contributed by atoms with Crippen molar-refractivity contribution in [2.24, 2.45) is 0 Å². The second kappa shape index (κ2) is 30.5. The van der Waals surface area contributed by atoms with Crippen molar-refractivity contribution >= 4 is 8.07 Å². The monoisotopic (exact) mass is 282 g/mol. The summed E-state index contributed by atoms with van der Waals surface area (Å²) < 4.78 is 0. The van der Waals surface area contributed by atoms with Gasteiger partial charge in [0.05, 0.1) is 39.6 Å². The molecule has 0 heterocycles. The van der Waals surface area contributed by atoms with Gasteiger partial charge >= 0.3 is 18.9 Å². The minimum Gasteiger partial charge on any atom is -1.00 e. The Bertz CT molecular complexity index is 87.0. The third kappa shape index (κ3) is 315. The summed E-state index contributed by atoms with van der Waals surface area (Å²) in [6.45, 7) is 8.56. The zero-order chi connectivity index (χ0) is 14.7. The molecule has 0 aromatic carbocycles. The Hall–Kier alpha value is 0.574. The maximum Gasteiger partial charge on any atom is 1.00 e. The van der Waals surface area contributed by atoms with E-state index in [0.717, 1.165) is 0 Å².